The van der Waals surface area contributed by atoms with Crippen molar-refractivity contribution in [1.29, 1.82) is 0 Å². The first-order valence-electron chi connectivity index (χ1n) is 32.0. The maximum atomic E-state index is 7.09. The number of aromatic nitrogens is 6. The monoisotopic (exact) mass is 1230 g/mol. The van der Waals surface area contributed by atoms with E-state index in [1.807, 2.05) is 30.3 Å². The zero-order valence-electron chi connectivity index (χ0n) is 50.6. The maximum Gasteiger partial charge on any atom is 0.180 e. The van der Waals surface area contributed by atoms with E-state index in [4.69, 9.17) is 28.8 Å². The van der Waals surface area contributed by atoms with E-state index in [9.17, 15) is 0 Å². The van der Waals surface area contributed by atoms with Gasteiger partial charge >= 0.3 is 0 Å². The van der Waals surface area contributed by atoms with Gasteiger partial charge in [-0.15, -0.1) is 11.3 Å². The fraction of sp³-hybridized carbons (Fsp3) is 0. The van der Waals surface area contributed by atoms with Gasteiger partial charge in [-0.25, -0.2) is 19.9 Å². The molecular weight excluding hydrogens is 1180 g/mol. The summed E-state index contributed by atoms with van der Waals surface area (Å²) in [5.74, 6) is 1.28. The average Bonchev–Trinajstić information content (AvgIpc) is 1.54. The molecule has 0 aliphatic carbocycles. The van der Waals surface area contributed by atoms with Crippen molar-refractivity contribution in [2.24, 2.45) is 0 Å². The standard InChI is InChI=1S/C86H48N6O2S/c1-3-19-50(20-4-1)85-88-80(53-39-42-60-58-27-8-7-25-56(58)57-26-9-10-28-59(57)65(60)44-53)84-82(90-85)69-46-73-67(48-77(69)95-84)62-30-12-15-34-71(62)92(73)55-40-37-49(38-41-55)51-21-17-22-52(43-51)79-83-81(89-86(87-79)64-32-18-36-75-78(64)63-31-13-16-35-74(63)93-75)68-45-72-66(47-76(68)94-83)61-29-11-14-33-70(61)91(72)54-23-5-2-6-24-54/h1-48H. The van der Waals surface area contributed by atoms with E-state index in [1.165, 1.54) is 43.1 Å². The van der Waals surface area contributed by atoms with Gasteiger partial charge in [0.2, 0.25) is 0 Å². The fourth-order valence-electron chi connectivity index (χ4n) is 15.2. The van der Waals surface area contributed by atoms with Crippen LogP contribution < -0.4 is 0 Å². The quantitative estimate of drug-likeness (QED) is 0.148. The minimum atomic E-state index is 0.585. The molecule has 0 aliphatic rings. The largest absolute Gasteiger partial charge is 0.456 e. The van der Waals surface area contributed by atoms with Crippen molar-refractivity contribution in [3.8, 4) is 67.8 Å². The van der Waals surface area contributed by atoms with Crippen molar-refractivity contribution >= 4 is 152 Å². The van der Waals surface area contributed by atoms with E-state index in [2.05, 4.69) is 270 Å². The van der Waals surface area contributed by atoms with Crippen LogP contribution in [-0.4, -0.2) is 29.1 Å². The number of benzene rings is 14. The Hall–Kier alpha value is -12.6. The first-order valence-corrected chi connectivity index (χ1v) is 32.8. The lowest BCUT2D eigenvalue weighted by molar-refractivity contribution is 0.668. The number of nitrogens with zero attached hydrogens (tertiary/aromatic N) is 6. The van der Waals surface area contributed by atoms with E-state index in [0.29, 0.717) is 22.9 Å². The molecule has 21 rings (SSSR count). The molecule has 0 N–H and O–H groups in total. The lowest BCUT2D eigenvalue weighted by Crippen LogP contribution is -1.95. The SMILES string of the molecule is c1ccc(-c2nc(-c3ccc4c5ccccc5c5ccccc5c4c3)c3sc4cc5c6ccccc6n(-c6ccc(-c7cccc(-c8nc(-c9cccc%10oc%11ccccc%11c9%10)nc9c8oc8cc%10c%11ccccc%11n(-c%11ccccc%11)c%10cc89)c7)cc6)c5cc4c3n2)cc1. The van der Waals surface area contributed by atoms with Gasteiger partial charge in [0.05, 0.1) is 38.0 Å². The summed E-state index contributed by atoms with van der Waals surface area (Å²) in [6, 6.07) is 104. The Morgan fingerprint density at radius 2 is 0.811 bits per heavy atom. The third kappa shape index (κ3) is 7.75. The minimum Gasteiger partial charge on any atom is -0.456 e. The number of fused-ring (bicyclic) bond motifs is 21. The van der Waals surface area contributed by atoms with Gasteiger partial charge in [-0.3, -0.25) is 0 Å². The molecule has 0 radical (unpaired) electrons. The molecule has 440 valence electrons. The number of hydrogen-bond donors (Lipinski definition) is 0. The zero-order chi connectivity index (χ0) is 62.0. The average molecular weight is 1230 g/mol. The highest BCUT2D eigenvalue weighted by Crippen LogP contribution is 2.47. The third-order valence-corrected chi connectivity index (χ3v) is 20.7. The van der Waals surface area contributed by atoms with Gasteiger partial charge < -0.3 is 18.0 Å². The summed E-state index contributed by atoms with van der Waals surface area (Å²) >= 11 is 1.78. The smallest absolute Gasteiger partial charge is 0.180 e. The summed E-state index contributed by atoms with van der Waals surface area (Å²) in [5, 5.41) is 16.0. The van der Waals surface area contributed by atoms with Crippen molar-refractivity contribution < 1.29 is 8.83 Å². The van der Waals surface area contributed by atoms with E-state index < -0.39 is 0 Å². The Morgan fingerprint density at radius 1 is 0.274 bits per heavy atom. The predicted octanol–water partition coefficient (Wildman–Crippen LogP) is 23.4. The number of hydrogen-bond acceptors (Lipinski definition) is 7. The summed E-state index contributed by atoms with van der Waals surface area (Å²) < 4.78 is 20.5. The molecule has 8 nitrogen and oxygen atoms in total. The summed E-state index contributed by atoms with van der Waals surface area (Å²) in [5.41, 5.74) is 18.8. The molecule has 0 unspecified atom stereocenters. The zero-order valence-corrected chi connectivity index (χ0v) is 51.4. The van der Waals surface area contributed by atoms with Gasteiger partial charge in [-0.05, 0) is 128 Å². The Kier molecular flexibility index (Phi) is 11.0. The highest BCUT2D eigenvalue weighted by molar-refractivity contribution is 7.26. The van der Waals surface area contributed by atoms with E-state index in [1.54, 1.807) is 11.3 Å². The highest BCUT2D eigenvalue weighted by Gasteiger charge is 2.26. The first kappa shape index (κ1) is 52.1. The van der Waals surface area contributed by atoms with Gasteiger partial charge in [0.1, 0.15) is 28.0 Å². The summed E-state index contributed by atoms with van der Waals surface area (Å²) in [4.78, 5) is 22.0. The molecule has 0 fully saturated rings. The molecular formula is C86H48N6O2S. The normalized spacial score (nSPS) is 12.2. The van der Waals surface area contributed by atoms with Crippen LogP contribution in [0.3, 0.4) is 0 Å². The first-order chi connectivity index (χ1) is 47.1. The molecule has 0 atom stereocenters. The number of rotatable bonds is 7. The van der Waals surface area contributed by atoms with Crippen LogP contribution in [0, 0.1) is 0 Å². The second kappa shape index (κ2) is 20.0. The highest BCUT2D eigenvalue weighted by atomic mass is 32.1. The molecule has 0 bridgehead atoms. The van der Waals surface area contributed by atoms with Gasteiger partial charge in [-0.1, -0.05) is 206 Å². The Labute approximate surface area is 545 Å². The molecule has 0 spiro atoms. The lowest BCUT2D eigenvalue weighted by Gasteiger charge is -2.12. The van der Waals surface area contributed by atoms with Crippen LogP contribution in [0.4, 0.5) is 0 Å². The fourth-order valence-corrected chi connectivity index (χ4v) is 16.4. The molecule has 14 aromatic carbocycles. The number of thiophene rings is 1. The summed E-state index contributed by atoms with van der Waals surface area (Å²) in [7, 11) is 0. The molecule has 0 aliphatic heterocycles. The second-order valence-corrected chi connectivity index (χ2v) is 25.8. The van der Waals surface area contributed by atoms with Crippen LogP contribution in [0.25, 0.3) is 208 Å². The third-order valence-electron chi connectivity index (χ3n) is 19.5. The van der Waals surface area contributed by atoms with Gasteiger partial charge in [0.15, 0.2) is 17.2 Å². The van der Waals surface area contributed by atoms with Gasteiger partial charge in [0, 0.05) is 81.4 Å². The van der Waals surface area contributed by atoms with E-state index in [-0.39, 0.29) is 0 Å². The van der Waals surface area contributed by atoms with Crippen LogP contribution in [0.1, 0.15) is 0 Å². The van der Waals surface area contributed by atoms with Crippen molar-refractivity contribution in [3.05, 3.63) is 291 Å². The molecule has 0 saturated heterocycles. The molecule has 7 heterocycles. The topological polar surface area (TPSA) is 87.7 Å². The van der Waals surface area contributed by atoms with Gasteiger partial charge in [0.25, 0.3) is 0 Å². The van der Waals surface area contributed by atoms with Crippen molar-refractivity contribution in [2.45, 2.75) is 0 Å². The Morgan fingerprint density at radius 3 is 1.55 bits per heavy atom. The number of para-hydroxylation sites is 4. The molecule has 7 aromatic heterocycles. The van der Waals surface area contributed by atoms with Crippen molar-refractivity contribution in [3.63, 3.8) is 0 Å². The van der Waals surface area contributed by atoms with Crippen molar-refractivity contribution in [2.75, 3.05) is 0 Å². The molecule has 9 heteroatoms. The Bertz CT molecular complexity index is 6800. The van der Waals surface area contributed by atoms with E-state index >= 15 is 0 Å². The van der Waals surface area contributed by atoms with E-state index in [0.717, 1.165) is 142 Å². The molecule has 21 aromatic rings. The minimum absolute atomic E-state index is 0.585. The molecule has 0 saturated carbocycles. The van der Waals surface area contributed by atoms with Crippen LogP contribution in [0.15, 0.2) is 300 Å². The van der Waals surface area contributed by atoms with Crippen LogP contribution in [0.2, 0.25) is 0 Å². The Balaban J connectivity index is 0.718. The predicted molar refractivity (Wildman–Crippen MR) is 393 cm³/mol. The lowest BCUT2D eigenvalue weighted by atomic mass is 9.93. The number of furan rings is 2. The second-order valence-electron chi connectivity index (χ2n) is 24.7. The summed E-state index contributed by atoms with van der Waals surface area (Å²) in [6.07, 6.45) is 0. The van der Waals surface area contributed by atoms with Crippen LogP contribution in [-0.2, 0) is 0 Å². The maximum absolute atomic E-state index is 7.09. The molecule has 0 amide bonds. The van der Waals surface area contributed by atoms with Gasteiger partial charge in [-0.2, -0.15) is 0 Å². The van der Waals surface area contributed by atoms with Crippen LogP contribution >= 0.6 is 11.3 Å². The van der Waals surface area contributed by atoms with Crippen LogP contribution in [0.5, 0.6) is 0 Å². The molecule has 95 heavy (non-hydrogen) atoms. The summed E-state index contributed by atoms with van der Waals surface area (Å²) in [6.45, 7) is 0. The van der Waals surface area contributed by atoms with Crippen molar-refractivity contribution in [1.82, 2.24) is 29.1 Å².